The first-order valence-corrected chi connectivity index (χ1v) is 7.23. The number of nitrogens with zero attached hydrogens (tertiary/aromatic N) is 3. The predicted octanol–water partition coefficient (Wildman–Crippen LogP) is 2.01. The smallest absolute Gasteiger partial charge is 0.240 e. The largest absolute Gasteiger partial charge is 0.485 e. The third kappa shape index (κ3) is 4.02. The minimum absolute atomic E-state index is 0.189. The zero-order valence-corrected chi connectivity index (χ0v) is 12.4. The van der Waals surface area contributed by atoms with E-state index in [2.05, 4.69) is 15.0 Å². The minimum atomic E-state index is -0.297. The molecule has 1 aliphatic rings. The summed E-state index contributed by atoms with van der Waals surface area (Å²) in [6.45, 7) is 5.27. The Balaban J connectivity index is 1.51. The van der Waals surface area contributed by atoms with Crippen molar-refractivity contribution in [2.24, 2.45) is 0 Å². The van der Waals surface area contributed by atoms with Gasteiger partial charge in [-0.2, -0.15) is 4.98 Å². The fourth-order valence-corrected chi connectivity index (χ4v) is 2.32. The maximum absolute atomic E-state index is 12.8. The molecule has 0 N–H and O–H groups in total. The fourth-order valence-electron chi connectivity index (χ4n) is 2.32. The molecule has 1 aliphatic heterocycles. The van der Waals surface area contributed by atoms with Crippen molar-refractivity contribution in [1.29, 1.82) is 0 Å². The summed E-state index contributed by atoms with van der Waals surface area (Å²) in [5, 5.41) is 3.89. The minimum Gasteiger partial charge on any atom is -0.485 e. The van der Waals surface area contributed by atoms with E-state index in [9.17, 15) is 4.39 Å². The van der Waals surface area contributed by atoms with Crippen LogP contribution in [0.5, 0.6) is 5.75 Å². The zero-order valence-electron chi connectivity index (χ0n) is 12.4. The molecule has 1 aromatic heterocycles. The average Bonchev–Trinajstić information content (AvgIpc) is 2.94. The van der Waals surface area contributed by atoms with Gasteiger partial charge in [-0.25, -0.2) is 4.39 Å². The van der Waals surface area contributed by atoms with E-state index in [1.54, 1.807) is 12.1 Å². The topological polar surface area (TPSA) is 60.6 Å². The van der Waals surface area contributed by atoms with Gasteiger partial charge in [-0.05, 0) is 31.2 Å². The third-order valence-electron chi connectivity index (χ3n) is 3.38. The van der Waals surface area contributed by atoms with Crippen LogP contribution in [0.2, 0.25) is 0 Å². The molecule has 0 aliphatic carbocycles. The maximum Gasteiger partial charge on any atom is 0.240 e. The summed E-state index contributed by atoms with van der Waals surface area (Å²) >= 11 is 0. The van der Waals surface area contributed by atoms with Crippen molar-refractivity contribution >= 4 is 0 Å². The van der Waals surface area contributed by atoms with Gasteiger partial charge < -0.3 is 14.0 Å². The molecule has 0 amide bonds. The van der Waals surface area contributed by atoms with Crippen LogP contribution in [0, 0.1) is 5.82 Å². The lowest BCUT2D eigenvalue weighted by molar-refractivity contribution is -0.0240. The molecule has 118 valence electrons. The van der Waals surface area contributed by atoms with Crippen molar-refractivity contribution in [2.45, 2.75) is 26.2 Å². The van der Waals surface area contributed by atoms with E-state index in [0.717, 1.165) is 19.7 Å². The van der Waals surface area contributed by atoms with Gasteiger partial charge in [-0.1, -0.05) is 5.16 Å². The molecule has 1 aromatic carbocycles. The SMILES string of the molecule is C[C@H]1CN(Cc2nc(COc3ccc(F)cc3)no2)CCO1. The molecular weight excluding hydrogens is 289 g/mol. The normalized spacial score (nSPS) is 19.3. The van der Waals surface area contributed by atoms with E-state index < -0.39 is 0 Å². The Morgan fingerprint density at radius 1 is 1.36 bits per heavy atom. The van der Waals surface area contributed by atoms with Crippen LogP contribution in [0.4, 0.5) is 4.39 Å². The molecule has 6 nitrogen and oxygen atoms in total. The number of benzene rings is 1. The van der Waals surface area contributed by atoms with Crippen LogP contribution in [0.15, 0.2) is 28.8 Å². The van der Waals surface area contributed by atoms with Crippen LogP contribution in [0.3, 0.4) is 0 Å². The highest BCUT2D eigenvalue weighted by atomic mass is 19.1. The van der Waals surface area contributed by atoms with Crippen molar-refractivity contribution in [3.8, 4) is 5.75 Å². The molecule has 3 rings (SSSR count). The first-order chi connectivity index (χ1) is 10.7. The highest BCUT2D eigenvalue weighted by molar-refractivity contribution is 5.22. The number of morpholine rings is 1. The molecule has 0 radical (unpaired) electrons. The molecule has 2 aromatic rings. The Kier molecular flexibility index (Phi) is 4.65. The summed E-state index contributed by atoms with van der Waals surface area (Å²) in [6.07, 6.45) is 0.220. The first kappa shape index (κ1) is 14.9. The Bertz CT molecular complexity index is 602. The summed E-state index contributed by atoms with van der Waals surface area (Å²) in [7, 11) is 0. The lowest BCUT2D eigenvalue weighted by Gasteiger charge is -2.29. The number of ether oxygens (including phenoxy) is 2. The number of hydrogen-bond donors (Lipinski definition) is 0. The molecule has 0 saturated carbocycles. The van der Waals surface area contributed by atoms with Gasteiger partial charge in [0.1, 0.15) is 11.6 Å². The molecule has 1 saturated heterocycles. The summed E-state index contributed by atoms with van der Waals surface area (Å²) in [6, 6.07) is 5.81. The van der Waals surface area contributed by atoms with E-state index in [-0.39, 0.29) is 18.5 Å². The summed E-state index contributed by atoms with van der Waals surface area (Å²) < 4.78 is 29.0. The lowest BCUT2D eigenvalue weighted by Crippen LogP contribution is -2.40. The predicted molar refractivity (Wildman–Crippen MR) is 75.7 cm³/mol. The Morgan fingerprint density at radius 3 is 2.95 bits per heavy atom. The molecule has 7 heteroatoms. The molecule has 0 unspecified atom stereocenters. The van der Waals surface area contributed by atoms with Crippen molar-refractivity contribution < 1.29 is 18.4 Å². The van der Waals surface area contributed by atoms with Crippen LogP contribution < -0.4 is 4.74 Å². The van der Waals surface area contributed by atoms with Gasteiger partial charge in [0.25, 0.3) is 0 Å². The van der Waals surface area contributed by atoms with E-state index in [4.69, 9.17) is 14.0 Å². The number of aromatic nitrogens is 2. The second-order valence-corrected chi connectivity index (χ2v) is 5.26. The average molecular weight is 307 g/mol. The fraction of sp³-hybridized carbons (Fsp3) is 0.467. The van der Waals surface area contributed by atoms with Crippen LogP contribution >= 0.6 is 0 Å². The van der Waals surface area contributed by atoms with Crippen molar-refractivity contribution in [3.05, 3.63) is 41.8 Å². The molecule has 22 heavy (non-hydrogen) atoms. The van der Waals surface area contributed by atoms with Crippen LogP contribution in [-0.4, -0.2) is 40.8 Å². The monoisotopic (exact) mass is 307 g/mol. The molecule has 0 spiro atoms. The quantitative estimate of drug-likeness (QED) is 0.842. The van der Waals surface area contributed by atoms with Crippen LogP contribution in [0.25, 0.3) is 0 Å². The standard InChI is InChI=1S/C15H18FN3O3/c1-11-8-19(6-7-20-11)9-15-17-14(18-22-15)10-21-13-4-2-12(16)3-5-13/h2-5,11H,6-10H2,1H3/t11-/m0/s1. The van der Waals surface area contributed by atoms with Gasteiger partial charge >= 0.3 is 0 Å². The number of rotatable bonds is 5. The number of halogens is 1. The first-order valence-electron chi connectivity index (χ1n) is 7.23. The van der Waals surface area contributed by atoms with Crippen LogP contribution in [0.1, 0.15) is 18.6 Å². The van der Waals surface area contributed by atoms with Crippen molar-refractivity contribution in [1.82, 2.24) is 15.0 Å². The van der Waals surface area contributed by atoms with Crippen LogP contribution in [-0.2, 0) is 17.9 Å². The molecule has 2 heterocycles. The Labute approximate surface area is 127 Å². The maximum atomic E-state index is 12.8. The van der Waals surface area contributed by atoms with E-state index >= 15 is 0 Å². The lowest BCUT2D eigenvalue weighted by atomic mass is 10.3. The van der Waals surface area contributed by atoms with Gasteiger partial charge in [0.2, 0.25) is 11.7 Å². The van der Waals surface area contributed by atoms with Crippen molar-refractivity contribution in [2.75, 3.05) is 19.7 Å². The second-order valence-electron chi connectivity index (χ2n) is 5.26. The molecular formula is C15H18FN3O3. The summed E-state index contributed by atoms with van der Waals surface area (Å²) in [5.74, 6) is 1.30. The zero-order chi connectivity index (χ0) is 15.4. The third-order valence-corrected chi connectivity index (χ3v) is 3.38. The molecule has 1 fully saturated rings. The van der Waals surface area contributed by atoms with Gasteiger partial charge in [0, 0.05) is 13.1 Å². The highest BCUT2D eigenvalue weighted by Crippen LogP contribution is 2.13. The van der Waals surface area contributed by atoms with Gasteiger partial charge in [0.15, 0.2) is 6.61 Å². The Morgan fingerprint density at radius 2 is 2.18 bits per heavy atom. The van der Waals surface area contributed by atoms with Gasteiger partial charge in [-0.3, -0.25) is 4.90 Å². The van der Waals surface area contributed by atoms with E-state index in [1.165, 1.54) is 12.1 Å². The Hall–Kier alpha value is -1.99. The summed E-state index contributed by atoms with van der Waals surface area (Å²) in [4.78, 5) is 6.52. The van der Waals surface area contributed by atoms with E-state index in [0.29, 0.717) is 24.0 Å². The van der Waals surface area contributed by atoms with Gasteiger partial charge in [-0.15, -0.1) is 0 Å². The second kappa shape index (κ2) is 6.85. The highest BCUT2D eigenvalue weighted by Gasteiger charge is 2.19. The molecule has 1 atom stereocenters. The van der Waals surface area contributed by atoms with E-state index in [1.807, 2.05) is 6.92 Å². The summed E-state index contributed by atoms with van der Waals surface area (Å²) in [5.41, 5.74) is 0. The number of hydrogen-bond acceptors (Lipinski definition) is 6. The van der Waals surface area contributed by atoms with Gasteiger partial charge in [0.05, 0.1) is 19.3 Å². The molecule has 0 bridgehead atoms. The van der Waals surface area contributed by atoms with Crippen molar-refractivity contribution in [3.63, 3.8) is 0 Å².